The highest BCUT2D eigenvalue weighted by molar-refractivity contribution is 8.05. The van der Waals surface area contributed by atoms with E-state index >= 15 is 0 Å². The molecule has 2 saturated heterocycles. The van der Waals surface area contributed by atoms with Crippen LogP contribution in [0.4, 0.5) is 0 Å². The maximum atomic E-state index is 12.0. The Morgan fingerprint density at radius 3 is 1.39 bits per heavy atom. The molecule has 2 aliphatic rings. The van der Waals surface area contributed by atoms with E-state index in [0.29, 0.717) is 0 Å². The zero-order chi connectivity index (χ0) is 13.6. The fourth-order valence-corrected chi connectivity index (χ4v) is 4.28. The normalized spacial score (nSPS) is 30.7. The number of hydrogen-bond acceptors (Lipinski definition) is 4. The molecule has 2 aliphatic heterocycles. The largest absolute Gasteiger partial charge is 0.293 e. The number of ketones is 2. The van der Waals surface area contributed by atoms with Crippen LogP contribution in [0.3, 0.4) is 0 Å². The summed E-state index contributed by atoms with van der Waals surface area (Å²) in [7, 11) is 0. The van der Waals surface area contributed by atoms with E-state index < -0.39 is 0 Å². The summed E-state index contributed by atoms with van der Waals surface area (Å²) in [5.41, 5.74) is -0.526. The highest BCUT2D eigenvalue weighted by Gasteiger charge is 2.38. The molecule has 2 rings (SSSR count). The van der Waals surface area contributed by atoms with Crippen LogP contribution in [0, 0.1) is 10.8 Å². The van der Waals surface area contributed by atoms with Crippen LogP contribution in [0.15, 0.2) is 22.0 Å². The smallest absolute Gasteiger partial charge is 0.175 e. The minimum Gasteiger partial charge on any atom is -0.293 e. The number of thioether (sulfide) groups is 2. The Kier molecular flexibility index (Phi) is 3.54. The van der Waals surface area contributed by atoms with Crippen LogP contribution in [-0.2, 0) is 9.59 Å². The molecule has 2 nitrogen and oxygen atoms in total. The van der Waals surface area contributed by atoms with Gasteiger partial charge in [-0.15, -0.1) is 23.5 Å². The Labute approximate surface area is 117 Å². The molecular formula is C14H18O2S2. The fraction of sp³-hybridized carbons (Fsp3) is 0.571. The summed E-state index contributed by atoms with van der Waals surface area (Å²) < 4.78 is 0. The molecule has 0 unspecified atom stereocenters. The molecule has 0 aliphatic carbocycles. The third-order valence-corrected chi connectivity index (χ3v) is 6.24. The molecule has 0 aromatic rings. The summed E-state index contributed by atoms with van der Waals surface area (Å²) in [5, 5.41) is 0. The van der Waals surface area contributed by atoms with Gasteiger partial charge in [-0.2, -0.15) is 0 Å². The molecule has 0 radical (unpaired) electrons. The van der Waals surface area contributed by atoms with Gasteiger partial charge in [-0.3, -0.25) is 9.59 Å². The molecule has 0 amide bonds. The number of carbonyl (C=O) groups is 2. The molecule has 0 bridgehead atoms. The second kappa shape index (κ2) is 4.57. The van der Waals surface area contributed by atoms with Crippen LogP contribution in [-0.4, -0.2) is 23.1 Å². The van der Waals surface area contributed by atoms with Crippen molar-refractivity contribution in [2.24, 2.45) is 10.8 Å². The van der Waals surface area contributed by atoms with Gasteiger partial charge in [0.2, 0.25) is 0 Å². The van der Waals surface area contributed by atoms with Crippen molar-refractivity contribution in [2.75, 3.05) is 11.5 Å². The maximum Gasteiger partial charge on any atom is 0.175 e. The maximum absolute atomic E-state index is 12.0. The van der Waals surface area contributed by atoms with Crippen LogP contribution < -0.4 is 0 Å². The van der Waals surface area contributed by atoms with E-state index in [-0.39, 0.29) is 22.4 Å². The van der Waals surface area contributed by atoms with E-state index in [1.807, 2.05) is 39.8 Å². The summed E-state index contributed by atoms with van der Waals surface area (Å²) >= 11 is 3.18. The van der Waals surface area contributed by atoms with Gasteiger partial charge in [-0.25, -0.2) is 0 Å². The van der Waals surface area contributed by atoms with Crippen molar-refractivity contribution in [3.63, 3.8) is 0 Å². The number of rotatable bonds is 1. The second-order valence-electron chi connectivity index (χ2n) is 6.07. The fourth-order valence-electron chi connectivity index (χ4n) is 1.84. The molecule has 2 fully saturated rings. The Bertz CT molecular complexity index is 426. The highest BCUT2D eigenvalue weighted by Crippen LogP contribution is 2.42. The number of allylic oxidation sites excluding steroid dienone is 4. The van der Waals surface area contributed by atoms with Crippen LogP contribution in [0.25, 0.3) is 0 Å². The molecule has 0 atom stereocenters. The first-order chi connectivity index (χ1) is 8.24. The van der Waals surface area contributed by atoms with Gasteiger partial charge in [0.1, 0.15) is 0 Å². The Hall–Kier alpha value is -0.480. The molecule has 98 valence electrons. The summed E-state index contributed by atoms with van der Waals surface area (Å²) in [4.78, 5) is 25.6. The van der Waals surface area contributed by atoms with Gasteiger partial charge in [-0.1, -0.05) is 27.7 Å². The van der Waals surface area contributed by atoms with Gasteiger partial charge in [0, 0.05) is 22.3 Å². The average Bonchev–Trinajstić information content (AvgIpc) is 2.68. The second-order valence-corrected chi connectivity index (χ2v) is 8.10. The van der Waals surface area contributed by atoms with Crippen molar-refractivity contribution in [3.05, 3.63) is 22.0 Å². The van der Waals surface area contributed by atoms with E-state index in [2.05, 4.69) is 0 Å². The predicted octanol–water partition coefficient (Wildman–Crippen LogP) is 3.44. The van der Waals surface area contributed by atoms with Crippen LogP contribution in [0.1, 0.15) is 27.7 Å². The van der Waals surface area contributed by atoms with E-state index in [9.17, 15) is 9.59 Å². The molecule has 2 heterocycles. The molecule has 18 heavy (non-hydrogen) atoms. The quantitative estimate of drug-likeness (QED) is 0.690. The van der Waals surface area contributed by atoms with E-state index in [0.717, 1.165) is 21.3 Å². The summed E-state index contributed by atoms with van der Waals surface area (Å²) in [6.45, 7) is 7.87. The van der Waals surface area contributed by atoms with Gasteiger partial charge < -0.3 is 0 Å². The Balaban J connectivity index is 2.18. The molecule has 0 aromatic heterocycles. The van der Waals surface area contributed by atoms with Crippen LogP contribution >= 0.6 is 23.5 Å². The SMILES string of the molecule is CC1(C)CS/C(=C\C=C2\SCC(C)(C)C2=O)C1=O. The third kappa shape index (κ3) is 2.45. The van der Waals surface area contributed by atoms with Crippen molar-refractivity contribution in [3.8, 4) is 0 Å². The average molecular weight is 282 g/mol. The first-order valence-electron chi connectivity index (χ1n) is 6.01. The first kappa shape index (κ1) is 13.9. The van der Waals surface area contributed by atoms with Crippen LogP contribution in [0.5, 0.6) is 0 Å². The van der Waals surface area contributed by atoms with Gasteiger partial charge in [-0.05, 0) is 12.2 Å². The summed E-state index contributed by atoms with van der Waals surface area (Å²) in [5.74, 6) is 2.04. The monoisotopic (exact) mass is 282 g/mol. The van der Waals surface area contributed by atoms with E-state index in [4.69, 9.17) is 0 Å². The Morgan fingerprint density at radius 1 is 0.833 bits per heavy atom. The van der Waals surface area contributed by atoms with Crippen molar-refractivity contribution >= 4 is 35.1 Å². The van der Waals surface area contributed by atoms with Gasteiger partial charge in [0.05, 0.1) is 9.81 Å². The summed E-state index contributed by atoms with van der Waals surface area (Å²) in [6, 6.07) is 0. The standard InChI is InChI=1S/C14H18O2S2/c1-13(2)7-17-9(11(13)15)5-6-10-12(16)14(3,4)8-18-10/h5-6H,7-8H2,1-4H3/b9-5-,10-6+. The lowest BCUT2D eigenvalue weighted by Gasteiger charge is -2.11. The minimum atomic E-state index is -0.263. The zero-order valence-electron chi connectivity index (χ0n) is 11.2. The topological polar surface area (TPSA) is 34.1 Å². The molecule has 4 heteroatoms. The minimum absolute atomic E-state index is 0.194. The lowest BCUT2D eigenvalue weighted by Crippen LogP contribution is -2.20. The van der Waals surface area contributed by atoms with Crippen molar-refractivity contribution in [1.82, 2.24) is 0 Å². The molecular weight excluding hydrogens is 264 g/mol. The van der Waals surface area contributed by atoms with Crippen molar-refractivity contribution in [2.45, 2.75) is 27.7 Å². The zero-order valence-corrected chi connectivity index (χ0v) is 12.8. The number of carbonyl (C=O) groups excluding carboxylic acids is 2. The molecule has 0 saturated carbocycles. The predicted molar refractivity (Wildman–Crippen MR) is 78.7 cm³/mol. The van der Waals surface area contributed by atoms with E-state index in [1.54, 1.807) is 23.5 Å². The van der Waals surface area contributed by atoms with Gasteiger partial charge >= 0.3 is 0 Å². The molecule has 0 aromatic carbocycles. The van der Waals surface area contributed by atoms with Crippen molar-refractivity contribution in [1.29, 1.82) is 0 Å². The van der Waals surface area contributed by atoms with E-state index in [1.165, 1.54) is 0 Å². The summed E-state index contributed by atoms with van der Waals surface area (Å²) in [6.07, 6.45) is 3.65. The van der Waals surface area contributed by atoms with Crippen LogP contribution in [0.2, 0.25) is 0 Å². The number of Topliss-reactive ketones (excluding diaryl/α,β-unsaturated/α-hetero) is 2. The number of hydrogen-bond donors (Lipinski definition) is 0. The molecule has 0 spiro atoms. The first-order valence-corrected chi connectivity index (χ1v) is 7.98. The molecule has 0 N–H and O–H groups in total. The lowest BCUT2D eigenvalue weighted by atomic mass is 9.90. The van der Waals surface area contributed by atoms with Crippen molar-refractivity contribution < 1.29 is 9.59 Å². The van der Waals surface area contributed by atoms with Gasteiger partial charge in [0.15, 0.2) is 11.6 Å². The lowest BCUT2D eigenvalue weighted by molar-refractivity contribution is -0.121. The highest BCUT2D eigenvalue weighted by atomic mass is 32.2. The third-order valence-electron chi connectivity index (χ3n) is 3.24. The van der Waals surface area contributed by atoms with Gasteiger partial charge in [0.25, 0.3) is 0 Å². The Morgan fingerprint density at radius 2 is 1.17 bits per heavy atom.